The Labute approximate surface area is 76.2 Å². The Balaban J connectivity index is 2.53. The van der Waals surface area contributed by atoms with Crippen LogP contribution >= 0.6 is 0 Å². The van der Waals surface area contributed by atoms with E-state index in [0.717, 1.165) is 11.8 Å². The van der Waals surface area contributed by atoms with Crippen LogP contribution in [0.25, 0.3) is 0 Å². The van der Waals surface area contributed by atoms with Crippen LogP contribution in [0.15, 0.2) is 0 Å². The molecule has 0 aromatic heterocycles. The topological polar surface area (TPSA) is 20.2 Å². The van der Waals surface area contributed by atoms with E-state index in [-0.39, 0.29) is 6.10 Å². The van der Waals surface area contributed by atoms with Gasteiger partial charge in [-0.3, -0.25) is 0 Å². The molecule has 72 valence electrons. The van der Waals surface area contributed by atoms with Crippen LogP contribution in [-0.2, 0) is 0 Å². The molecule has 1 nitrogen and oxygen atoms in total. The second-order valence-corrected chi connectivity index (χ2v) is 4.92. The van der Waals surface area contributed by atoms with E-state index in [2.05, 4.69) is 27.7 Å². The molecule has 1 fully saturated rings. The van der Waals surface area contributed by atoms with E-state index >= 15 is 0 Å². The lowest BCUT2D eigenvalue weighted by molar-refractivity contribution is 0.00185. The van der Waals surface area contributed by atoms with Gasteiger partial charge in [-0.05, 0) is 36.5 Å². The second-order valence-electron chi connectivity index (χ2n) is 4.92. The van der Waals surface area contributed by atoms with Crippen molar-refractivity contribution in [2.75, 3.05) is 0 Å². The summed E-state index contributed by atoms with van der Waals surface area (Å²) in [5, 5.41) is 9.75. The van der Waals surface area contributed by atoms with E-state index in [4.69, 9.17) is 0 Å². The Kier molecular flexibility index (Phi) is 3.16. The first-order valence-corrected chi connectivity index (χ1v) is 5.20. The average molecular weight is 170 g/mol. The van der Waals surface area contributed by atoms with Crippen LogP contribution in [0.1, 0.15) is 40.5 Å². The first kappa shape index (κ1) is 10.0. The highest BCUT2D eigenvalue weighted by molar-refractivity contribution is 4.82. The van der Waals surface area contributed by atoms with E-state index in [1.807, 2.05) is 0 Å². The minimum Gasteiger partial charge on any atom is -0.393 e. The van der Waals surface area contributed by atoms with Crippen molar-refractivity contribution in [3.05, 3.63) is 0 Å². The summed E-state index contributed by atoms with van der Waals surface area (Å²) in [6.45, 7) is 8.94. The van der Waals surface area contributed by atoms with Crippen LogP contribution in [0.4, 0.5) is 0 Å². The first-order chi connectivity index (χ1) is 5.52. The first-order valence-electron chi connectivity index (χ1n) is 5.20. The standard InChI is InChI=1S/C11H22O/c1-7(2)10-5-8(3)11(12)9(4)6-10/h7-12H,5-6H2,1-4H3. The number of hydrogen-bond donors (Lipinski definition) is 1. The summed E-state index contributed by atoms with van der Waals surface area (Å²) < 4.78 is 0. The number of aliphatic hydroxyl groups is 1. The molecule has 0 saturated heterocycles. The minimum atomic E-state index is -0.0556. The normalized spacial score (nSPS) is 43.5. The molecule has 0 amide bonds. The maximum atomic E-state index is 9.75. The Morgan fingerprint density at radius 2 is 1.50 bits per heavy atom. The Morgan fingerprint density at radius 1 is 1.08 bits per heavy atom. The fraction of sp³-hybridized carbons (Fsp3) is 1.00. The molecule has 1 N–H and O–H groups in total. The van der Waals surface area contributed by atoms with Crippen molar-refractivity contribution in [3.63, 3.8) is 0 Å². The lowest BCUT2D eigenvalue weighted by Crippen LogP contribution is -2.35. The highest BCUT2D eigenvalue weighted by Gasteiger charge is 2.32. The third-order valence-corrected chi connectivity index (χ3v) is 3.46. The molecule has 0 aromatic carbocycles. The number of hydrogen-bond acceptors (Lipinski definition) is 1. The van der Waals surface area contributed by atoms with Gasteiger partial charge in [0.2, 0.25) is 0 Å². The van der Waals surface area contributed by atoms with E-state index in [9.17, 15) is 5.11 Å². The average Bonchev–Trinajstić information content (AvgIpc) is 1.99. The molecular weight excluding hydrogens is 148 g/mol. The molecule has 0 aromatic rings. The highest BCUT2D eigenvalue weighted by Crippen LogP contribution is 2.36. The molecule has 2 unspecified atom stereocenters. The molecular formula is C11H22O. The summed E-state index contributed by atoms with van der Waals surface area (Å²) in [7, 11) is 0. The van der Waals surface area contributed by atoms with Gasteiger partial charge in [-0.15, -0.1) is 0 Å². The fourth-order valence-corrected chi connectivity index (χ4v) is 2.44. The number of rotatable bonds is 1. The van der Waals surface area contributed by atoms with Crippen molar-refractivity contribution in [2.24, 2.45) is 23.7 Å². The molecule has 1 heteroatoms. The van der Waals surface area contributed by atoms with Crippen LogP contribution in [0.5, 0.6) is 0 Å². The Morgan fingerprint density at radius 3 is 1.83 bits per heavy atom. The zero-order valence-corrected chi connectivity index (χ0v) is 8.75. The molecule has 0 bridgehead atoms. The van der Waals surface area contributed by atoms with Crippen molar-refractivity contribution in [3.8, 4) is 0 Å². The van der Waals surface area contributed by atoms with Crippen molar-refractivity contribution in [1.82, 2.24) is 0 Å². The maximum Gasteiger partial charge on any atom is 0.0591 e. The van der Waals surface area contributed by atoms with Crippen molar-refractivity contribution < 1.29 is 5.11 Å². The van der Waals surface area contributed by atoms with E-state index < -0.39 is 0 Å². The van der Waals surface area contributed by atoms with Gasteiger partial charge in [-0.2, -0.15) is 0 Å². The Hall–Kier alpha value is -0.0400. The molecule has 0 spiro atoms. The molecule has 1 saturated carbocycles. The lowest BCUT2D eigenvalue weighted by atomic mass is 9.71. The Bertz CT molecular complexity index is 130. The van der Waals surface area contributed by atoms with E-state index in [0.29, 0.717) is 11.8 Å². The molecule has 1 aliphatic carbocycles. The molecule has 0 aliphatic heterocycles. The zero-order valence-electron chi connectivity index (χ0n) is 8.75. The van der Waals surface area contributed by atoms with Crippen LogP contribution < -0.4 is 0 Å². The largest absolute Gasteiger partial charge is 0.393 e. The van der Waals surface area contributed by atoms with Gasteiger partial charge in [-0.1, -0.05) is 27.7 Å². The molecule has 1 aliphatic rings. The van der Waals surface area contributed by atoms with Crippen LogP contribution in [-0.4, -0.2) is 11.2 Å². The number of aliphatic hydroxyl groups excluding tert-OH is 1. The SMILES string of the molecule is CC(C)C1CC(C)C(O)C(C)C1. The quantitative estimate of drug-likeness (QED) is 0.641. The fourth-order valence-electron chi connectivity index (χ4n) is 2.44. The minimum absolute atomic E-state index is 0.0556. The molecule has 12 heavy (non-hydrogen) atoms. The third-order valence-electron chi connectivity index (χ3n) is 3.46. The van der Waals surface area contributed by atoms with Crippen molar-refractivity contribution in [2.45, 2.75) is 46.6 Å². The van der Waals surface area contributed by atoms with Gasteiger partial charge in [0.05, 0.1) is 6.10 Å². The predicted molar refractivity (Wildman–Crippen MR) is 51.9 cm³/mol. The van der Waals surface area contributed by atoms with E-state index in [1.165, 1.54) is 12.8 Å². The van der Waals surface area contributed by atoms with Crippen LogP contribution in [0.3, 0.4) is 0 Å². The summed E-state index contributed by atoms with van der Waals surface area (Å²) >= 11 is 0. The van der Waals surface area contributed by atoms with Crippen molar-refractivity contribution >= 4 is 0 Å². The molecule has 2 atom stereocenters. The summed E-state index contributed by atoms with van der Waals surface area (Å²) in [6, 6.07) is 0. The lowest BCUT2D eigenvalue weighted by Gasteiger charge is -2.37. The molecule has 0 heterocycles. The maximum absolute atomic E-state index is 9.75. The van der Waals surface area contributed by atoms with E-state index in [1.54, 1.807) is 0 Å². The van der Waals surface area contributed by atoms with Gasteiger partial charge >= 0.3 is 0 Å². The smallest absolute Gasteiger partial charge is 0.0591 e. The van der Waals surface area contributed by atoms with Gasteiger partial charge < -0.3 is 5.11 Å². The van der Waals surface area contributed by atoms with Crippen LogP contribution in [0.2, 0.25) is 0 Å². The van der Waals surface area contributed by atoms with Crippen molar-refractivity contribution in [1.29, 1.82) is 0 Å². The summed E-state index contributed by atoms with van der Waals surface area (Å²) in [5.74, 6) is 2.61. The highest BCUT2D eigenvalue weighted by atomic mass is 16.3. The van der Waals surface area contributed by atoms with Gasteiger partial charge in [0.25, 0.3) is 0 Å². The summed E-state index contributed by atoms with van der Waals surface area (Å²) in [4.78, 5) is 0. The van der Waals surface area contributed by atoms with Gasteiger partial charge in [-0.25, -0.2) is 0 Å². The second kappa shape index (κ2) is 3.78. The molecule has 1 rings (SSSR count). The van der Waals surface area contributed by atoms with Gasteiger partial charge in [0.15, 0.2) is 0 Å². The van der Waals surface area contributed by atoms with Gasteiger partial charge in [0.1, 0.15) is 0 Å². The predicted octanol–water partition coefficient (Wildman–Crippen LogP) is 2.69. The monoisotopic (exact) mass is 170 g/mol. The van der Waals surface area contributed by atoms with Crippen LogP contribution in [0, 0.1) is 23.7 Å². The summed E-state index contributed by atoms with van der Waals surface area (Å²) in [5.41, 5.74) is 0. The zero-order chi connectivity index (χ0) is 9.30. The third kappa shape index (κ3) is 2.01. The van der Waals surface area contributed by atoms with Gasteiger partial charge in [0, 0.05) is 0 Å². The molecule has 0 radical (unpaired) electrons. The summed E-state index contributed by atoms with van der Waals surface area (Å²) in [6.07, 6.45) is 2.37.